The van der Waals surface area contributed by atoms with Gasteiger partial charge >= 0.3 is 0 Å². The molecule has 1 N–H and O–H groups in total. The number of hydrogen-bond acceptors (Lipinski definition) is 4. The Bertz CT molecular complexity index is 492. The van der Waals surface area contributed by atoms with Crippen LogP contribution >= 0.6 is 11.8 Å². The van der Waals surface area contributed by atoms with Gasteiger partial charge in [0.15, 0.2) is 0 Å². The van der Waals surface area contributed by atoms with Crippen LogP contribution in [0.15, 0.2) is 12.1 Å². The minimum atomic E-state index is 0.278. The van der Waals surface area contributed by atoms with Crippen molar-refractivity contribution >= 4 is 11.8 Å². The summed E-state index contributed by atoms with van der Waals surface area (Å²) in [6.45, 7) is 8.23. The maximum Gasteiger partial charge on any atom is 0.125 e. The normalized spacial score (nSPS) is 28.9. The summed E-state index contributed by atoms with van der Waals surface area (Å²) in [6, 6.07) is 4.37. The largest absolute Gasteiger partial charge is 0.493 e. The van der Waals surface area contributed by atoms with Crippen LogP contribution in [0.2, 0.25) is 0 Å². The molecule has 1 aromatic rings. The van der Waals surface area contributed by atoms with Crippen LogP contribution in [0.3, 0.4) is 0 Å². The number of nitrogens with one attached hydrogen (secondary N) is 1. The van der Waals surface area contributed by atoms with Crippen molar-refractivity contribution in [2.75, 3.05) is 13.2 Å². The second-order valence-corrected chi connectivity index (χ2v) is 7.18. The van der Waals surface area contributed by atoms with Crippen molar-refractivity contribution in [2.24, 2.45) is 0 Å². The van der Waals surface area contributed by atoms with E-state index in [9.17, 15) is 0 Å². The highest BCUT2D eigenvalue weighted by molar-refractivity contribution is 8.00. The van der Waals surface area contributed by atoms with Gasteiger partial charge < -0.3 is 14.8 Å². The summed E-state index contributed by atoms with van der Waals surface area (Å²) in [5.41, 5.74) is 2.51. The molecule has 3 atom stereocenters. The van der Waals surface area contributed by atoms with E-state index in [0.29, 0.717) is 17.2 Å². The first kappa shape index (κ1) is 14.1. The summed E-state index contributed by atoms with van der Waals surface area (Å²) in [6.07, 6.45) is 2.49. The average Bonchev–Trinajstić information content (AvgIpc) is 2.77. The first-order valence-corrected chi connectivity index (χ1v) is 8.46. The minimum Gasteiger partial charge on any atom is -0.493 e. The molecule has 0 aromatic heterocycles. The fourth-order valence-corrected chi connectivity index (χ4v) is 4.15. The molecule has 4 heteroatoms. The van der Waals surface area contributed by atoms with E-state index in [1.165, 1.54) is 17.5 Å². The van der Waals surface area contributed by atoms with E-state index in [4.69, 9.17) is 9.47 Å². The molecule has 3 unspecified atom stereocenters. The molecule has 3 nitrogen and oxygen atoms in total. The van der Waals surface area contributed by atoms with Crippen molar-refractivity contribution in [3.63, 3.8) is 0 Å². The van der Waals surface area contributed by atoms with Gasteiger partial charge in [-0.2, -0.15) is 0 Å². The predicted molar refractivity (Wildman–Crippen MR) is 83.8 cm³/mol. The Kier molecular flexibility index (Phi) is 4.13. The molecule has 0 saturated carbocycles. The molecule has 3 rings (SSSR count). The van der Waals surface area contributed by atoms with Gasteiger partial charge in [0.25, 0.3) is 0 Å². The SMILES string of the molecule is CCOc1cc2c(cc1C1NCCC(C)S1)OC(C)C2. The highest BCUT2D eigenvalue weighted by Gasteiger charge is 2.27. The van der Waals surface area contributed by atoms with Gasteiger partial charge in [-0.3, -0.25) is 0 Å². The van der Waals surface area contributed by atoms with E-state index in [-0.39, 0.29) is 6.10 Å². The fourth-order valence-electron chi connectivity index (χ4n) is 2.89. The molecule has 2 heterocycles. The van der Waals surface area contributed by atoms with Crippen LogP contribution in [-0.2, 0) is 6.42 Å². The van der Waals surface area contributed by atoms with Crippen LogP contribution < -0.4 is 14.8 Å². The molecule has 2 aliphatic heterocycles. The van der Waals surface area contributed by atoms with Crippen LogP contribution in [0.1, 0.15) is 43.7 Å². The van der Waals surface area contributed by atoms with Gasteiger partial charge in [0.2, 0.25) is 0 Å². The van der Waals surface area contributed by atoms with E-state index in [1.807, 2.05) is 18.7 Å². The predicted octanol–water partition coefficient (Wildman–Crippen LogP) is 3.52. The average molecular weight is 293 g/mol. The Balaban J connectivity index is 1.93. The molecule has 1 saturated heterocycles. The molecule has 20 heavy (non-hydrogen) atoms. The number of benzene rings is 1. The van der Waals surface area contributed by atoms with Crippen LogP contribution in [0, 0.1) is 0 Å². The Morgan fingerprint density at radius 2 is 2.25 bits per heavy atom. The highest BCUT2D eigenvalue weighted by Crippen LogP contribution is 2.43. The number of rotatable bonds is 3. The fraction of sp³-hybridized carbons (Fsp3) is 0.625. The number of ether oxygens (including phenoxy) is 2. The molecule has 1 aromatic carbocycles. The van der Waals surface area contributed by atoms with Gasteiger partial charge in [-0.25, -0.2) is 0 Å². The highest BCUT2D eigenvalue weighted by atomic mass is 32.2. The molecule has 1 fully saturated rings. The van der Waals surface area contributed by atoms with Crippen molar-refractivity contribution in [1.29, 1.82) is 0 Å². The molecular weight excluding hydrogens is 270 g/mol. The van der Waals surface area contributed by atoms with Gasteiger partial charge in [-0.05, 0) is 38.9 Å². The van der Waals surface area contributed by atoms with Crippen LogP contribution in [0.5, 0.6) is 11.5 Å². The molecule has 0 bridgehead atoms. The van der Waals surface area contributed by atoms with Gasteiger partial charge in [0, 0.05) is 22.8 Å². The summed E-state index contributed by atoms with van der Waals surface area (Å²) in [7, 11) is 0. The van der Waals surface area contributed by atoms with Crippen LogP contribution in [0.4, 0.5) is 0 Å². The molecule has 0 spiro atoms. The smallest absolute Gasteiger partial charge is 0.125 e. The summed E-state index contributed by atoms with van der Waals surface area (Å²) < 4.78 is 11.8. The lowest BCUT2D eigenvalue weighted by Crippen LogP contribution is -2.29. The first-order chi connectivity index (χ1) is 9.67. The van der Waals surface area contributed by atoms with Crippen molar-refractivity contribution in [2.45, 2.75) is 50.3 Å². The van der Waals surface area contributed by atoms with Crippen molar-refractivity contribution < 1.29 is 9.47 Å². The molecular formula is C16H23NO2S. The summed E-state index contributed by atoms with van der Waals surface area (Å²) in [5.74, 6) is 2.06. The minimum absolute atomic E-state index is 0.278. The molecule has 2 aliphatic rings. The number of fused-ring (bicyclic) bond motifs is 1. The Morgan fingerprint density at radius 1 is 1.40 bits per heavy atom. The zero-order chi connectivity index (χ0) is 14.1. The Labute approximate surface area is 125 Å². The topological polar surface area (TPSA) is 30.5 Å². The second-order valence-electron chi connectivity index (χ2n) is 5.63. The van der Waals surface area contributed by atoms with Crippen molar-refractivity contribution in [3.05, 3.63) is 23.3 Å². The Morgan fingerprint density at radius 3 is 3.00 bits per heavy atom. The maximum atomic E-state index is 5.91. The third-order valence-electron chi connectivity index (χ3n) is 3.86. The number of hydrogen-bond donors (Lipinski definition) is 1. The van der Waals surface area contributed by atoms with Gasteiger partial charge in [0.1, 0.15) is 17.6 Å². The Hall–Kier alpha value is -0.870. The van der Waals surface area contributed by atoms with E-state index in [0.717, 1.165) is 24.5 Å². The lowest BCUT2D eigenvalue weighted by Gasteiger charge is -2.29. The monoisotopic (exact) mass is 293 g/mol. The van der Waals surface area contributed by atoms with Crippen LogP contribution in [0.25, 0.3) is 0 Å². The third-order valence-corrected chi connectivity index (χ3v) is 5.25. The molecule has 0 radical (unpaired) electrons. The number of thioether (sulfide) groups is 1. The maximum absolute atomic E-state index is 5.91. The molecule has 110 valence electrons. The molecule has 0 amide bonds. The zero-order valence-electron chi connectivity index (χ0n) is 12.4. The first-order valence-electron chi connectivity index (χ1n) is 7.52. The lowest BCUT2D eigenvalue weighted by molar-refractivity contribution is 0.254. The zero-order valence-corrected chi connectivity index (χ0v) is 13.3. The van der Waals surface area contributed by atoms with E-state index in [2.05, 4.69) is 31.3 Å². The van der Waals surface area contributed by atoms with E-state index >= 15 is 0 Å². The van der Waals surface area contributed by atoms with E-state index < -0.39 is 0 Å². The molecule has 0 aliphatic carbocycles. The lowest BCUT2D eigenvalue weighted by atomic mass is 10.1. The quantitative estimate of drug-likeness (QED) is 0.923. The van der Waals surface area contributed by atoms with Crippen molar-refractivity contribution in [3.8, 4) is 11.5 Å². The standard InChI is InChI=1S/C16H23NO2S/c1-4-18-15-8-12-7-10(2)19-14(12)9-13(15)16-17-6-5-11(3)20-16/h8-11,16-17H,4-7H2,1-3H3. The second kappa shape index (κ2) is 5.86. The van der Waals surface area contributed by atoms with Crippen molar-refractivity contribution in [1.82, 2.24) is 5.32 Å². The summed E-state index contributed by atoms with van der Waals surface area (Å²) in [4.78, 5) is 0. The van der Waals surface area contributed by atoms with E-state index in [1.54, 1.807) is 0 Å². The van der Waals surface area contributed by atoms with Gasteiger partial charge in [0.05, 0.1) is 12.0 Å². The van der Waals surface area contributed by atoms with Gasteiger partial charge in [-0.15, -0.1) is 11.8 Å². The van der Waals surface area contributed by atoms with Gasteiger partial charge in [-0.1, -0.05) is 6.92 Å². The summed E-state index contributed by atoms with van der Waals surface area (Å²) in [5, 5.41) is 4.59. The summed E-state index contributed by atoms with van der Waals surface area (Å²) >= 11 is 1.98. The third kappa shape index (κ3) is 2.77. The van der Waals surface area contributed by atoms with Crippen LogP contribution in [-0.4, -0.2) is 24.5 Å².